The van der Waals surface area contributed by atoms with E-state index in [0.29, 0.717) is 50.3 Å². The summed E-state index contributed by atoms with van der Waals surface area (Å²) in [5, 5.41) is 56.7. The fraction of sp³-hybridized carbons (Fsp3) is 0.209. The van der Waals surface area contributed by atoms with Crippen molar-refractivity contribution in [3.8, 4) is 24.3 Å². The number of aryl methyl sites for hydroxylation is 1. The minimum atomic E-state index is -0.717. The number of hydrogen-bond donors (Lipinski definition) is 2. The van der Waals surface area contributed by atoms with Gasteiger partial charge in [0.2, 0.25) is 0 Å². The van der Waals surface area contributed by atoms with Crippen LogP contribution in [0.3, 0.4) is 0 Å². The van der Waals surface area contributed by atoms with E-state index in [2.05, 4.69) is 39.7 Å². The molecule has 0 saturated carbocycles. The molecule has 0 fully saturated rings. The third-order valence-corrected chi connectivity index (χ3v) is 9.44. The number of carbonyl (C=O) groups is 2. The number of rotatable bonds is 17. The van der Waals surface area contributed by atoms with Crippen LogP contribution in [-0.4, -0.2) is 65.2 Å². The Morgan fingerprint density at radius 1 is 0.871 bits per heavy atom. The number of amides is 2. The summed E-state index contributed by atoms with van der Waals surface area (Å²) in [6, 6.07) is 31.4. The summed E-state index contributed by atoms with van der Waals surface area (Å²) < 4.78 is 0. The highest BCUT2D eigenvalue weighted by molar-refractivity contribution is 6.35. The van der Waals surface area contributed by atoms with Crippen LogP contribution in [0.5, 0.6) is 0 Å². The van der Waals surface area contributed by atoms with Crippen molar-refractivity contribution in [1.82, 2.24) is 10.4 Å². The fourth-order valence-corrected chi connectivity index (χ4v) is 6.23. The molecule has 19 heteroatoms. The van der Waals surface area contributed by atoms with Crippen molar-refractivity contribution in [3.05, 3.63) is 138 Å². The molecule has 0 spiro atoms. The first-order valence-electron chi connectivity index (χ1n) is 18.7. The summed E-state index contributed by atoms with van der Waals surface area (Å²) in [5.41, 5.74) is 7.03. The Kier molecular flexibility index (Phi) is 17.3. The molecule has 5 rings (SSSR count). The number of nitro benzene ring substituents is 1. The van der Waals surface area contributed by atoms with Crippen molar-refractivity contribution in [1.29, 1.82) is 21.0 Å². The van der Waals surface area contributed by atoms with Crippen LogP contribution < -0.4 is 15.2 Å². The quantitative estimate of drug-likeness (QED) is 0.0340. The van der Waals surface area contributed by atoms with Crippen LogP contribution in [-0.2, 0) is 4.79 Å². The fourth-order valence-electron chi connectivity index (χ4n) is 6.03. The van der Waals surface area contributed by atoms with Crippen LogP contribution in [0.2, 0.25) is 5.02 Å². The van der Waals surface area contributed by atoms with Gasteiger partial charge in [-0.1, -0.05) is 29.8 Å². The van der Waals surface area contributed by atoms with Crippen LogP contribution in [0.4, 0.5) is 22.7 Å². The van der Waals surface area contributed by atoms with Crippen molar-refractivity contribution >= 4 is 64.3 Å². The van der Waals surface area contributed by atoms with Gasteiger partial charge in [-0.3, -0.25) is 30.1 Å². The van der Waals surface area contributed by atoms with Crippen molar-refractivity contribution in [3.63, 3.8) is 0 Å². The molecule has 0 aliphatic carbocycles. The average molecular weight is 853 g/mol. The van der Waals surface area contributed by atoms with Gasteiger partial charge in [0.1, 0.15) is 5.70 Å². The summed E-state index contributed by atoms with van der Waals surface area (Å²) in [4.78, 5) is 59.6. The van der Waals surface area contributed by atoms with Gasteiger partial charge < -0.3 is 15.0 Å². The zero-order chi connectivity index (χ0) is 45.0. The largest absolute Gasteiger partial charge is 0.379 e. The number of carbonyl (C=O) groups excluding carboxylic acids is 2. The maximum atomic E-state index is 13.9. The van der Waals surface area contributed by atoms with Crippen LogP contribution in [0.15, 0.2) is 106 Å². The Morgan fingerprint density at radius 3 is 1.95 bits per heavy atom. The second kappa shape index (κ2) is 23.2. The summed E-state index contributed by atoms with van der Waals surface area (Å²) in [6.07, 6.45) is 4.41. The second-order valence-electron chi connectivity index (χ2n) is 13.1. The average Bonchev–Trinajstić information content (AvgIpc) is 3.56. The topological polar surface area (TPSA) is 269 Å². The van der Waals surface area contributed by atoms with E-state index >= 15 is 0 Å². The molecule has 2 N–H and O–H groups in total. The van der Waals surface area contributed by atoms with Gasteiger partial charge in [0.25, 0.3) is 17.5 Å². The Hall–Kier alpha value is -8.45. The molecular formula is C43H37ClN12O6. The van der Waals surface area contributed by atoms with Gasteiger partial charge >= 0.3 is 0 Å². The first-order valence-corrected chi connectivity index (χ1v) is 19.1. The summed E-state index contributed by atoms with van der Waals surface area (Å²) >= 11 is 6.48. The lowest BCUT2D eigenvalue weighted by Crippen LogP contribution is -2.47. The monoisotopic (exact) mass is 852 g/mol. The zero-order valence-corrected chi connectivity index (χ0v) is 33.9. The Labute approximate surface area is 361 Å². The number of hydrogen-bond acceptors (Lipinski definition) is 14. The van der Waals surface area contributed by atoms with Gasteiger partial charge in [0.15, 0.2) is 11.2 Å². The van der Waals surface area contributed by atoms with E-state index in [4.69, 9.17) is 42.8 Å². The smallest absolute Gasteiger partial charge is 0.297 e. The number of nitrogens with one attached hydrogen (secondary N) is 1. The lowest BCUT2D eigenvalue weighted by Gasteiger charge is -2.23. The standard InChI is InChI=1S/C43H36ClN11O4.HNO2/c1-30-26-36(53(24-4-20-47)25-5-21-48)15-10-33(30)29-49-34-11-8-32(9-12-34)42(56)51-54-41(38-28-37(55(58)59)16-17-39(38)44)50-40(43(54)57)27-31-6-13-35(14-7-31)52(22-2-18-45)23-3-19-46;2-1-3/h6-17,26-29H,2-5,22-25H2,1H3,(H,51,56);(H,2,3)/b40-27-,49-29?;. The van der Waals surface area contributed by atoms with E-state index < -0.39 is 16.7 Å². The number of benzene rings is 4. The molecule has 18 nitrogen and oxygen atoms in total. The SMILES string of the molecule is Cc1cc(N(CCC#N)CCC#N)ccc1C=Nc1ccc(C(=O)NN2C(=O)/C(=C/c3ccc(N(CCC#N)CCC#N)cc3)N=C2c2cc([N+](=O)[O-])ccc2Cl)cc1.O=NO. The molecule has 0 aromatic heterocycles. The highest BCUT2D eigenvalue weighted by Crippen LogP contribution is 2.29. The minimum Gasteiger partial charge on any atom is -0.379 e. The molecule has 62 heavy (non-hydrogen) atoms. The van der Waals surface area contributed by atoms with E-state index in [1.54, 1.807) is 42.6 Å². The molecule has 0 saturated heterocycles. The maximum absolute atomic E-state index is 13.9. The normalized spacial score (nSPS) is 12.2. The second-order valence-corrected chi connectivity index (χ2v) is 13.5. The molecule has 312 valence electrons. The maximum Gasteiger partial charge on any atom is 0.297 e. The predicted molar refractivity (Wildman–Crippen MR) is 231 cm³/mol. The van der Waals surface area contributed by atoms with Gasteiger partial charge in [-0.2, -0.15) is 26.1 Å². The predicted octanol–water partition coefficient (Wildman–Crippen LogP) is 7.69. The van der Waals surface area contributed by atoms with Crippen LogP contribution >= 0.6 is 11.6 Å². The highest BCUT2D eigenvalue weighted by atomic mass is 35.5. The van der Waals surface area contributed by atoms with Crippen molar-refractivity contribution in [2.24, 2.45) is 15.3 Å². The first-order chi connectivity index (χ1) is 30.0. The number of nitro groups is 1. The van der Waals surface area contributed by atoms with Gasteiger partial charge in [0, 0.05) is 67.0 Å². The Bertz CT molecular complexity index is 2510. The van der Waals surface area contributed by atoms with Crippen LogP contribution in [0, 0.1) is 67.3 Å². The van der Waals surface area contributed by atoms with Crippen molar-refractivity contribution in [2.75, 3.05) is 36.0 Å². The first kappa shape index (κ1) is 46.2. The summed E-state index contributed by atoms with van der Waals surface area (Å²) in [7, 11) is 0. The molecule has 0 bridgehead atoms. The number of anilines is 2. The molecule has 0 radical (unpaired) electrons. The third kappa shape index (κ3) is 12.5. The lowest BCUT2D eigenvalue weighted by molar-refractivity contribution is -0.384. The van der Waals surface area contributed by atoms with Crippen LogP contribution in [0.1, 0.15) is 58.3 Å². The number of nitriles is 4. The number of aliphatic imine (C=N–C) groups is 2. The van der Waals surface area contributed by atoms with E-state index in [-0.39, 0.29) is 46.2 Å². The molecule has 0 atom stereocenters. The van der Waals surface area contributed by atoms with Crippen molar-refractivity contribution < 1.29 is 19.7 Å². The van der Waals surface area contributed by atoms with E-state index in [9.17, 15) is 19.7 Å². The van der Waals surface area contributed by atoms with Gasteiger partial charge in [0.05, 0.1) is 65.6 Å². The van der Waals surface area contributed by atoms with Crippen molar-refractivity contribution in [2.45, 2.75) is 32.6 Å². The van der Waals surface area contributed by atoms with Gasteiger partial charge in [-0.05, 0) is 84.3 Å². The minimum absolute atomic E-state index is 0.0453. The third-order valence-electron chi connectivity index (χ3n) is 9.11. The molecule has 0 unspecified atom stereocenters. The summed E-state index contributed by atoms with van der Waals surface area (Å²) in [6.45, 7) is 3.83. The van der Waals surface area contributed by atoms with Gasteiger partial charge in [-0.25, -0.2) is 4.99 Å². The molecule has 1 aliphatic heterocycles. The molecule has 2 amide bonds. The Balaban J connectivity index is 0.00000273. The molecule has 1 heterocycles. The Morgan fingerprint density at radius 2 is 1.42 bits per heavy atom. The van der Waals surface area contributed by atoms with E-state index in [0.717, 1.165) is 27.5 Å². The molecular weight excluding hydrogens is 816 g/mol. The van der Waals surface area contributed by atoms with Crippen LogP contribution in [0.25, 0.3) is 6.08 Å². The number of hydrazine groups is 1. The number of nitrogens with zero attached hydrogens (tertiary/aromatic N) is 11. The lowest BCUT2D eigenvalue weighted by atomic mass is 10.1. The van der Waals surface area contributed by atoms with E-state index in [1.165, 1.54) is 41.7 Å². The highest BCUT2D eigenvalue weighted by Gasteiger charge is 2.35. The van der Waals surface area contributed by atoms with Gasteiger partial charge in [-0.15, -0.1) is 4.91 Å². The van der Waals surface area contributed by atoms with E-state index in [1.807, 2.05) is 34.9 Å². The zero-order valence-electron chi connectivity index (χ0n) is 33.2. The number of halogens is 1. The number of non-ortho nitro benzene ring substituents is 1. The number of amidine groups is 1. The molecule has 1 aliphatic rings. The molecule has 4 aromatic rings. The molecule has 4 aromatic carbocycles. The summed E-state index contributed by atoms with van der Waals surface area (Å²) in [5.74, 6) is -1.52.